The lowest BCUT2D eigenvalue weighted by molar-refractivity contribution is 0.0356. The minimum Gasteiger partial charge on any atom is -0.472 e. The SMILES string of the molecule is C[C@H](CO)N1C[C@H](C)[C@H](CN(C)C(=O)Nc2ccccc2)Oc2ncc(-c3cccnc3)cc2C1=O. The highest BCUT2D eigenvalue weighted by atomic mass is 16.5. The van der Waals surface area contributed by atoms with Crippen LogP contribution in [0.2, 0.25) is 0 Å². The molecule has 2 aromatic heterocycles. The van der Waals surface area contributed by atoms with E-state index in [-0.39, 0.29) is 36.9 Å². The topological polar surface area (TPSA) is 108 Å². The summed E-state index contributed by atoms with van der Waals surface area (Å²) >= 11 is 0. The van der Waals surface area contributed by atoms with Crippen LogP contribution < -0.4 is 10.1 Å². The van der Waals surface area contributed by atoms with Crippen molar-refractivity contribution in [3.8, 4) is 17.0 Å². The van der Waals surface area contributed by atoms with Crippen molar-refractivity contribution in [1.82, 2.24) is 19.8 Å². The maximum Gasteiger partial charge on any atom is 0.321 e. The van der Waals surface area contributed by atoms with Crippen LogP contribution in [0.1, 0.15) is 24.2 Å². The number of pyridine rings is 2. The highest BCUT2D eigenvalue weighted by Gasteiger charge is 2.34. The van der Waals surface area contributed by atoms with Crippen molar-refractivity contribution in [3.05, 3.63) is 72.7 Å². The molecule has 0 spiro atoms. The van der Waals surface area contributed by atoms with E-state index < -0.39 is 12.1 Å². The van der Waals surface area contributed by atoms with E-state index in [1.54, 1.807) is 48.4 Å². The van der Waals surface area contributed by atoms with E-state index in [2.05, 4.69) is 15.3 Å². The zero-order chi connectivity index (χ0) is 25.7. The van der Waals surface area contributed by atoms with Crippen LogP contribution in [0, 0.1) is 5.92 Å². The molecule has 0 bridgehead atoms. The number of urea groups is 1. The zero-order valence-electron chi connectivity index (χ0n) is 20.7. The van der Waals surface area contributed by atoms with Gasteiger partial charge in [-0.05, 0) is 31.2 Å². The molecule has 0 unspecified atom stereocenters. The van der Waals surface area contributed by atoms with Crippen molar-refractivity contribution in [2.75, 3.05) is 32.1 Å². The van der Waals surface area contributed by atoms with Gasteiger partial charge in [-0.3, -0.25) is 9.78 Å². The van der Waals surface area contributed by atoms with Gasteiger partial charge < -0.3 is 25.0 Å². The fourth-order valence-electron chi connectivity index (χ4n) is 4.10. The molecule has 3 amide bonds. The molecule has 0 fully saturated rings. The second-order valence-corrected chi connectivity index (χ2v) is 9.12. The van der Waals surface area contributed by atoms with Crippen LogP contribution in [-0.2, 0) is 0 Å². The number of likely N-dealkylation sites (N-methyl/N-ethyl adjacent to an activating group) is 1. The van der Waals surface area contributed by atoms with E-state index in [4.69, 9.17) is 4.74 Å². The first-order valence-electron chi connectivity index (χ1n) is 11.9. The Kier molecular flexibility index (Phi) is 7.80. The average Bonchev–Trinajstić information content (AvgIpc) is 2.91. The number of rotatable bonds is 6. The summed E-state index contributed by atoms with van der Waals surface area (Å²) in [6, 6.07) is 14.0. The summed E-state index contributed by atoms with van der Waals surface area (Å²) in [6.45, 7) is 4.23. The minimum atomic E-state index is -0.437. The number of anilines is 1. The number of fused-ring (bicyclic) bond motifs is 1. The molecule has 0 radical (unpaired) electrons. The lowest BCUT2D eigenvalue weighted by Crippen LogP contribution is -2.50. The summed E-state index contributed by atoms with van der Waals surface area (Å²) in [7, 11) is 1.70. The summed E-state index contributed by atoms with van der Waals surface area (Å²) < 4.78 is 6.28. The van der Waals surface area contributed by atoms with Gasteiger partial charge >= 0.3 is 6.03 Å². The van der Waals surface area contributed by atoms with Gasteiger partial charge in [0.15, 0.2) is 0 Å². The Balaban J connectivity index is 1.62. The molecule has 3 atom stereocenters. The smallest absolute Gasteiger partial charge is 0.321 e. The largest absolute Gasteiger partial charge is 0.472 e. The van der Waals surface area contributed by atoms with Gasteiger partial charge in [-0.25, -0.2) is 9.78 Å². The van der Waals surface area contributed by atoms with Crippen LogP contribution in [0.15, 0.2) is 67.1 Å². The fourth-order valence-corrected chi connectivity index (χ4v) is 4.10. The molecule has 3 heterocycles. The second kappa shape index (κ2) is 11.2. The summed E-state index contributed by atoms with van der Waals surface area (Å²) in [5.74, 6) is -0.190. The number of carbonyl (C=O) groups excluding carboxylic acids is 2. The molecule has 188 valence electrons. The van der Waals surface area contributed by atoms with Crippen molar-refractivity contribution < 1.29 is 19.4 Å². The van der Waals surface area contributed by atoms with Crippen LogP contribution in [0.4, 0.5) is 10.5 Å². The van der Waals surface area contributed by atoms with Crippen LogP contribution >= 0.6 is 0 Å². The Morgan fingerprint density at radius 2 is 2.00 bits per heavy atom. The molecule has 1 aliphatic rings. The lowest BCUT2D eigenvalue weighted by atomic mass is 9.99. The second-order valence-electron chi connectivity index (χ2n) is 9.12. The molecule has 1 aromatic carbocycles. The van der Waals surface area contributed by atoms with Crippen molar-refractivity contribution in [2.45, 2.75) is 26.0 Å². The first kappa shape index (κ1) is 25.1. The maximum atomic E-state index is 13.6. The van der Waals surface area contributed by atoms with Gasteiger partial charge in [-0.2, -0.15) is 0 Å². The first-order chi connectivity index (χ1) is 17.4. The molecule has 2 N–H and O–H groups in total. The number of hydrogen-bond acceptors (Lipinski definition) is 6. The van der Waals surface area contributed by atoms with Gasteiger partial charge in [0.2, 0.25) is 5.88 Å². The number of ether oxygens (including phenoxy) is 1. The summed E-state index contributed by atoms with van der Waals surface area (Å²) in [5.41, 5.74) is 2.57. The molecule has 36 heavy (non-hydrogen) atoms. The molecule has 0 saturated heterocycles. The van der Waals surface area contributed by atoms with Gasteiger partial charge in [0.05, 0.1) is 19.2 Å². The molecular weight excluding hydrogens is 458 g/mol. The van der Waals surface area contributed by atoms with Gasteiger partial charge in [0.1, 0.15) is 11.7 Å². The van der Waals surface area contributed by atoms with Gasteiger partial charge in [0, 0.05) is 54.9 Å². The Hall–Kier alpha value is -3.98. The monoisotopic (exact) mass is 489 g/mol. The molecule has 3 aromatic rings. The number of amides is 3. The number of nitrogens with zero attached hydrogens (tertiary/aromatic N) is 4. The average molecular weight is 490 g/mol. The lowest BCUT2D eigenvalue weighted by Gasteiger charge is -2.37. The number of carbonyl (C=O) groups is 2. The molecule has 4 rings (SSSR count). The Labute approximate surface area is 210 Å². The summed E-state index contributed by atoms with van der Waals surface area (Å²) in [5, 5.41) is 12.7. The zero-order valence-corrected chi connectivity index (χ0v) is 20.7. The molecule has 9 heteroatoms. The number of hydrogen-bond donors (Lipinski definition) is 2. The molecule has 0 saturated carbocycles. The molecule has 1 aliphatic heterocycles. The number of benzene rings is 1. The predicted octanol–water partition coefficient (Wildman–Crippen LogP) is 3.53. The van der Waals surface area contributed by atoms with Crippen LogP contribution in [0.3, 0.4) is 0 Å². The fraction of sp³-hybridized carbons (Fsp3) is 0.333. The van der Waals surface area contributed by atoms with Gasteiger partial charge in [0.25, 0.3) is 5.91 Å². The summed E-state index contributed by atoms with van der Waals surface area (Å²) in [6.07, 6.45) is 4.60. The van der Waals surface area contributed by atoms with E-state index in [1.165, 1.54) is 0 Å². The van der Waals surface area contributed by atoms with E-state index in [1.807, 2.05) is 49.4 Å². The standard InChI is InChI=1S/C27H31N5O4/c1-18-15-32(19(2)17-33)26(34)23-12-21(20-8-7-11-28-13-20)14-29-25(23)36-24(18)16-31(3)27(35)30-22-9-5-4-6-10-22/h4-14,18-19,24,33H,15-17H2,1-3H3,(H,30,35)/t18-,19+,24-/m0/s1. The Bertz CT molecular complexity index is 1190. The highest BCUT2D eigenvalue weighted by Crippen LogP contribution is 2.30. The van der Waals surface area contributed by atoms with Crippen molar-refractivity contribution in [2.24, 2.45) is 5.92 Å². The Morgan fingerprint density at radius 1 is 1.22 bits per heavy atom. The van der Waals surface area contributed by atoms with E-state index in [0.29, 0.717) is 17.8 Å². The van der Waals surface area contributed by atoms with E-state index in [0.717, 1.165) is 11.1 Å². The van der Waals surface area contributed by atoms with Crippen molar-refractivity contribution in [1.29, 1.82) is 0 Å². The maximum absolute atomic E-state index is 13.6. The van der Waals surface area contributed by atoms with Crippen LogP contribution in [0.5, 0.6) is 5.88 Å². The Morgan fingerprint density at radius 3 is 2.69 bits per heavy atom. The minimum absolute atomic E-state index is 0.136. The highest BCUT2D eigenvalue weighted by molar-refractivity contribution is 5.98. The van der Waals surface area contributed by atoms with Crippen molar-refractivity contribution >= 4 is 17.6 Å². The van der Waals surface area contributed by atoms with Crippen LogP contribution in [0.25, 0.3) is 11.1 Å². The molecule has 0 aliphatic carbocycles. The summed E-state index contributed by atoms with van der Waals surface area (Å²) in [4.78, 5) is 38.2. The number of para-hydroxylation sites is 1. The number of aliphatic hydroxyl groups is 1. The van der Waals surface area contributed by atoms with E-state index in [9.17, 15) is 14.7 Å². The number of nitrogens with one attached hydrogen (secondary N) is 1. The van der Waals surface area contributed by atoms with Gasteiger partial charge in [-0.1, -0.05) is 31.2 Å². The number of aliphatic hydroxyl groups excluding tert-OH is 1. The third-order valence-electron chi connectivity index (χ3n) is 6.34. The third-order valence-corrected chi connectivity index (χ3v) is 6.34. The van der Waals surface area contributed by atoms with E-state index >= 15 is 0 Å². The molecule has 9 nitrogen and oxygen atoms in total. The van der Waals surface area contributed by atoms with Crippen LogP contribution in [-0.4, -0.2) is 75.7 Å². The molecular formula is C27H31N5O4. The quantitative estimate of drug-likeness (QED) is 0.549. The normalized spacial score (nSPS) is 18.3. The van der Waals surface area contributed by atoms with Crippen molar-refractivity contribution in [3.63, 3.8) is 0 Å². The van der Waals surface area contributed by atoms with Gasteiger partial charge in [-0.15, -0.1) is 0 Å². The number of aromatic nitrogens is 2. The first-order valence-corrected chi connectivity index (χ1v) is 11.9. The third kappa shape index (κ3) is 5.63. The predicted molar refractivity (Wildman–Crippen MR) is 137 cm³/mol.